The van der Waals surface area contributed by atoms with Crippen molar-refractivity contribution in [1.82, 2.24) is 15.1 Å². The van der Waals surface area contributed by atoms with Crippen LogP contribution in [0.15, 0.2) is 0 Å². The lowest BCUT2D eigenvalue weighted by atomic mass is 9.83. The Morgan fingerprint density at radius 3 is 2.21 bits per heavy atom. The topological polar surface area (TPSA) is 18.5 Å². The van der Waals surface area contributed by atoms with Crippen molar-refractivity contribution in [3.63, 3.8) is 0 Å². The summed E-state index contributed by atoms with van der Waals surface area (Å²) in [7, 11) is 6.48. The van der Waals surface area contributed by atoms with Crippen molar-refractivity contribution in [3.8, 4) is 0 Å². The van der Waals surface area contributed by atoms with Crippen LogP contribution in [-0.4, -0.2) is 62.7 Å². The molecule has 3 nitrogen and oxygen atoms in total. The van der Waals surface area contributed by atoms with Gasteiger partial charge in [-0.1, -0.05) is 26.2 Å². The number of nitrogens with one attached hydrogen (secondary N) is 1. The van der Waals surface area contributed by atoms with Gasteiger partial charge in [-0.3, -0.25) is 4.90 Å². The zero-order chi connectivity index (χ0) is 14.3. The summed E-state index contributed by atoms with van der Waals surface area (Å²) >= 11 is 0. The molecule has 0 heterocycles. The van der Waals surface area contributed by atoms with E-state index in [9.17, 15) is 0 Å². The van der Waals surface area contributed by atoms with Crippen LogP contribution in [0.1, 0.15) is 46.0 Å². The third kappa shape index (κ3) is 5.80. The highest BCUT2D eigenvalue weighted by molar-refractivity contribution is 4.83. The molecule has 19 heavy (non-hydrogen) atoms. The number of nitrogens with zero attached hydrogens (tertiary/aromatic N) is 2. The average Bonchev–Trinajstić information content (AvgIpc) is 2.40. The summed E-state index contributed by atoms with van der Waals surface area (Å²) in [5.74, 6) is 0.888. The fraction of sp³-hybridized carbons (Fsp3) is 1.00. The molecule has 0 aliphatic heterocycles. The van der Waals surface area contributed by atoms with Gasteiger partial charge in [0.15, 0.2) is 0 Å². The first-order valence-corrected chi connectivity index (χ1v) is 8.14. The summed E-state index contributed by atoms with van der Waals surface area (Å²) in [6, 6.07) is 1.31. The van der Waals surface area contributed by atoms with Crippen LogP contribution in [0.25, 0.3) is 0 Å². The molecule has 3 heteroatoms. The first-order valence-electron chi connectivity index (χ1n) is 8.14. The van der Waals surface area contributed by atoms with Crippen LogP contribution in [-0.2, 0) is 0 Å². The van der Waals surface area contributed by atoms with E-state index < -0.39 is 0 Å². The van der Waals surface area contributed by atoms with Crippen LogP contribution in [0.3, 0.4) is 0 Å². The zero-order valence-electron chi connectivity index (χ0n) is 13.8. The van der Waals surface area contributed by atoms with Crippen molar-refractivity contribution in [2.75, 3.05) is 40.8 Å². The van der Waals surface area contributed by atoms with Crippen molar-refractivity contribution >= 4 is 0 Å². The van der Waals surface area contributed by atoms with Crippen LogP contribution in [0.5, 0.6) is 0 Å². The Hall–Kier alpha value is -0.120. The Balaban J connectivity index is 2.50. The second-order valence-corrected chi connectivity index (χ2v) is 6.49. The molecular formula is C16H35N3. The number of hydrogen-bond donors (Lipinski definition) is 1. The standard InChI is InChI=1S/C16H35N3/c1-6-19(14(2)12-18(4)5)13-16(17-3)15-10-8-7-9-11-15/h14-17H,6-13H2,1-5H3. The summed E-state index contributed by atoms with van der Waals surface area (Å²) < 4.78 is 0. The predicted octanol–water partition coefficient (Wildman–Crippen LogP) is 2.43. The normalized spacial score (nSPS) is 21.0. The van der Waals surface area contributed by atoms with Crippen LogP contribution >= 0.6 is 0 Å². The van der Waals surface area contributed by atoms with Gasteiger partial charge in [0.1, 0.15) is 0 Å². The van der Waals surface area contributed by atoms with Crippen molar-refractivity contribution in [3.05, 3.63) is 0 Å². The molecule has 114 valence electrons. The summed E-state index contributed by atoms with van der Waals surface area (Å²) in [5.41, 5.74) is 0. The Labute approximate surface area is 120 Å². The maximum Gasteiger partial charge on any atom is 0.0220 e. The zero-order valence-corrected chi connectivity index (χ0v) is 13.8. The highest BCUT2D eigenvalue weighted by Gasteiger charge is 2.25. The highest BCUT2D eigenvalue weighted by atomic mass is 15.2. The van der Waals surface area contributed by atoms with Crippen molar-refractivity contribution < 1.29 is 0 Å². The van der Waals surface area contributed by atoms with Crippen molar-refractivity contribution in [1.29, 1.82) is 0 Å². The minimum atomic E-state index is 0.638. The van der Waals surface area contributed by atoms with Gasteiger partial charge in [-0.2, -0.15) is 0 Å². The van der Waals surface area contributed by atoms with Crippen LogP contribution < -0.4 is 5.32 Å². The van der Waals surface area contributed by atoms with Crippen LogP contribution in [0.2, 0.25) is 0 Å². The summed E-state index contributed by atoms with van der Waals surface area (Å²) in [5, 5.41) is 3.59. The molecule has 1 fully saturated rings. The van der Waals surface area contributed by atoms with E-state index in [4.69, 9.17) is 0 Å². The first-order chi connectivity index (χ1) is 9.08. The van der Waals surface area contributed by atoms with E-state index in [1.807, 2.05) is 0 Å². The number of rotatable bonds is 8. The summed E-state index contributed by atoms with van der Waals surface area (Å²) in [6.07, 6.45) is 7.15. The summed E-state index contributed by atoms with van der Waals surface area (Å²) in [4.78, 5) is 4.93. The molecule has 1 rings (SSSR count). The molecule has 2 atom stereocenters. The van der Waals surface area contributed by atoms with Crippen LogP contribution in [0, 0.1) is 5.92 Å². The van der Waals surface area contributed by atoms with E-state index in [0.29, 0.717) is 12.1 Å². The Bertz CT molecular complexity index is 224. The molecule has 0 amide bonds. The number of hydrogen-bond acceptors (Lipinski definition) is 3. The minimum Gasteiger partial charge on any atom is -0.315 e. The largest absolute Gasteiger partial charge is 0.315 e. The molecule has 1 saturated carbocycles. The fourth-order valence-electron chi connectivity index (χ4n) is 3.53. The van der Waals surface area contributed by atoms with Crippen LogP contribution in [0.4, 0.5) is 0 Å². The lowest BCUT2D eigenvalue weighted by Crippen LogP contribution is -2.49. The Morgan fingerprint density at radius 2 is 1.74 bits per heavy atom. The molecule has 1 aliphatic carbocycles. The maximum atomic E-state index is 3.59. The van der Waals surface area contributed by atoms with Gasteiger partial charge in [-0.25, -0.2) is 0 Å². The van der Waals surface area contributed by atoms with E-state index in [0.717, 1.165) is 19.0 Å². The number of likely N-dealkylation sites (N-methyl/N-ethyl adjacent to an activating group) is 3. The molecule has 0 bridgehead atoms. The quantitative estimate of drug-likeness (QED) is 0.730. The second kappa shape index (κ2) is 8.93. The Morgan fingerprint density at radius 1 is 1.11 bits per heavy atom. The monoisotopic (exact) mass is 269 g/mol. The molecule has 0 radical (unpaired) electrons. The van der Waals surface area contributed by atoms with Gasteiger partial charge in [0.2, 0.25) is 0 Å². The molecule has 2 unspecified atom stereocenters. The van der Waals surface area contributed by atoms with Gasteiger partial charge in [0, 0.05) is 25.2 Å². The van der Waals surface area contributed by atoms with Crippen molar-refractivity contribution in [2.45, 2.75) is 58.0 Å². The minimum absolute atomic E-state index is 0.638. The van der Waals surface area contributed by atoms with Gasteiger partial charge in [-0.05, 0) is 53.4 Å². The van der Waals surface area contributed by atoms with E-state index >= 15 is 0 Å². The smallest absolute Gasteiger partial charge is 0.0220 e. The molecule has 0 saturated heterocycles. The van der Waals surface area contributed by atoms with Gasteiger partial charge >= 0.3 is 0 Å². The molecule has 0 aromatic carbocycles. The van der Waals surface area contributed by atoms with E-state index in [1.54, 1.807) is 0 Å². The van der Waals surface area contributed by atoms with E-state index in [2.05, 4.69) is 50.1 Å². The molecule has 1 N–H and O–H groups in total. The van der Waals surface area contributed by atoms with E-state index in [1.165, 1.54) is 38.6 Å². The first kappa shape index (κ1) is 16.9. The average molecular weight is 269 g/mol. The fourth-order valence-corrected chi connectivity index (χ4v) is 3.53. The third-order valence-corrected chi connectivity index (χ3v) is 4.68. The third-order valence-electron chi connectivity index (χ3n) is 4.68. The van der Waals surface area contributed by atoms with E-state index in [-0.39, 0.29) is 0 Å². The second-order valence-electron chi connectivity index (χ2n) is 6.49. The summed E-state index contributed by atoms with van der Waals surface area (Å²) in [6.45, 7) is 8.15. The molecule has 0 aromatic rings. The lowest BCUT2D eigenvalue weighted by Gasteiger charge is -2.37. The maximum absolute atomic E-state index is 3.59. The molecule has 1 aliphatic rings. The SMILES string of the molecule is CCN(CC(NC)C1CCCCC1)C(C)CN(C)C. The predicted molar refractivity (Wildman–Crippen MR) is 84.7 cm³/mol. The van der Waals surface area contributed by atoms with Gasteiger partial charge < -0.3 is 10.2 Å². The molecule has 0 spiro atoms. The molecular weight excluding hydrogens is 234 g/mol. The molecule has 0 aromatic heterocycles. The van der Waals surface area contributed by atoms with Gasteiger partial charge in [0.25, 0.3) is 0 Å². The van der Waals surface area contributed by atoms with Gasteiger partial charge in [-0.15, -0.1) is 0 Å². The van der Waals surface area contributed by atoms with Crippen molar-refractivity contribution in [2.24, 2.45) is 5.92 Å². The lowest BCUT2D eigenvalue weighted by molar-refractivity contribution is 0.140. The Kier molecular flexibility index (Phi) is 7.96. The highest BCUT2D eigenvalue weighted by Crippen LogP contribution is 2.27. The van der Waals surface area contributed by atoms with Gasteiger partial charge in [0.05, 0.1) is 0 Å².